The second-order valence-corrected chi connectivity index (χ2v) is 9.99. The molecule has 4 aromatic rings. The largest absolute Gasteiger partial charge is 0.497 e. The Morgan fingerprint density at radius 2 is 1.65 bits per heavy atom. The number of amides is 1. The van der Waals surface area contributed by atoms with Gasteiger partial charge in [0.05, 0.1) is 39.5 Å². The van der Waals surface area contributed by atoms with Crippen molar-refractivity contribution in [2.75, 3.05) is 12.4 Å². The molecule has 0 saturated heterocycles. The lowest BCUT2D eigenvalue weighted by Crippen LogP contribution is -2.15. The van der Waals surface area contributed by atoms with Gasteiger partial charge >= 0.3 is 0 Å². The number of methoxy groups -OCH3 is 1. The number of aromatic nitrogens is 2. The van der Waals surface area contributed by atoms with Crippen molar-refractivity contribution in [2.45, 2.75) is 23.6 Å². The fourth-order valence-electron chi connectivity index (χ4n) is 3.65. The van der Waals surface area contributed by atoms with E-state index in [1.54, 1.807) is 17.7 Å². The monoisotopic (exact) mass is 495 g/mol. The topological polar surface area (TPSA) is 90.3 Å². The van der Waals surface area contributed by atoms with Crippen molar-refractivity contribution >= 4 is 33.0 Å². The number of halogens is 1. The molecular weight excluding hydrogens is 474 g/mol. The molecular formula is C25H22ClN3O4S. The fourth-order valence-corrected chi connectivity index (χ4v) is 5.10. The standard InChI is InChI=1S/C25H22ClN3O4S/c1-16-24(17(2)29(28-16)20-7-5-4-6-8-20)25(30)27-19-13-21(33-3)15-23(14-19)34(31,32)22-11-9-18(26)10-12-22/h4-15H,1-3H3,(H,27,30). The molecule has 9 heteroatoms. The molecule has 7 nitrogen and oxygen atoms in total. The van der Waals surface area contributed by atoms with E-state index >= 15 is 0 Å². The number of aryl methyl sites for hydroxylation is 1. The SMILES string of the molecule is COc1cc(NC(=O)c2c(C)nn(-c3ccccc3)c2C)cc(S(=O)(=O)c2ccc(Cl)cc2)c1. The van der Waals surface area contributed by atoms with E-state index < -0.39 is 15.7 Å². The molecule has 1 amide bonds. The first-order valence-electron chi connectivity index (χ1n) is 10.3. The van der Waals surface area contributed by atoms with Crippen LogP contribution in [0.15, 0.2) is 82.6 Å². The zero-order chi connectivity index (χ0) is 24.5. The lowest BCUT2D eigenvalue weighted by Gasteiger charge is -2.12. The van der Waals surface area contributed by atoms with Crippen molar-refractivity contribution in [2.24, 2.45) is 0 Å². The highest BCUT2D eigenvalue weighted by Crippen LogP contribution is 2.30. The summed E-state index contributed by atoms with van der Waals surface area (Å²) in [6.45, 7) is 3.56. The number of sulfone groups is 1. The first-order valence-corrected chi connectivity index (χ1v) is 12.2. The maximum Gasteiger partial charge on any atom is 0.259 e. The Hall–Kier alpha value is -3.62. The van der Waals surface area contributed by atoms with Crippen LogP contribution in [0.4, 0.5) is 5.69 Å². The first-order chi connectivity index (χ1) is 16.2. The molecule has 0 saturated carbocycles. The van der Waals surface area contributed by atoms with E-state index in [2.05, 4.69) is 10.4 Å². The van der Waals surface area contributed by atoms with Crippen LogP contribution in [0, 0.1) is 13.8 Å². The van der Waals surface area contributed by atoms with Gasteiger partial charge in [0.25, 0.3) is 5.91 Å². The highest BCUT2D eigenvalue weighted by Gasteiger charge is 2.23. The van der Waals surface area contributed by atoms with E-state index in [0.717, 1.165) is 5.69 Å². The Morgan fingerprint density at radius 1 is 0.971 bits per heavy atom. The minimum absolute atomic E-state index is 0.0158. The van der Waals surface area contributed by atoms with E-state index in [1.165, 1.54) is 43.5 Å². The highest BCUT2D eigenvalue weighted by molar-refractivity contribution is 7.91. The minimum Gasteiger partial charge on any atom is -0.497 e. The molecule has 174 valence electrons. The number of carbonyl (C=O) groups excluding carboxylic acids is 1. The predicted octanol–water partition coefficient (Wildman–Crippen LogP) is 5.24. The van der Waals surface area contributed by atoms with E-state index in [4.69, 9.17) is 16.3 Å². The lowest BCUT2D eigenvalue weighted by molar-refractivity contribution is 0.102. The van der Waals surface area contributed by atoms with Gasteiger partial charge in [-0.25, -0.2) is 13.1 Å². The van der Waals surface area contributed by atoms with Gasteiger partial charge in [-0.2, -0.15) is 5.10 Å². The number of anilines is 1. The van der Waals surface area contributed by atoms with Crippen molar-refractivity contribution in [3.8, 4) is 11.4 Å². The molecule has 0 atom stereocenters. The number of nitrogens with one attached hydrogen (secondary N) is 1. The average molecular weight is 496 g/mol. The van der Waals surface area contributed by atoms with Crippen LogP contribution >= 0.6 is 11.6 Å². The van der Waals surface area contributed by atoms with E-state index in [-0.39, 0.29) is 15.5 Å². The Labute approximate surface area is 202 Å². The second kappa shape index (κ2) is 9.32. The van der Waals surface area contributed by atoms with Crippen LogP contribution in [0.1, 0.15) is 21.7 Å². The zero-order valence-electron chi connectivity index (χ0n) is 18.7. The molecule has 0 spiro atoms. The third-order valence-corrected chi connectivity index (χ3v) is 7.33. The second-order valence-electron chi connectivity index (χ2n) is 7.60. The van der Waals surface area contributed by atoms with E-state index in [9.17, 15) is 13.2 Å². The van der Waals surface area contributed by atoms with Gasteiger partial charge in [-0.05, 0) is 62.4 Å². The Kier molecular flexibility index (Phi) is 6.45. The molecule has 0 bridgehead atoms. The molecule has 0 radical (unpaired) electrons. The number of nitrogens with zero attached hydrogens (tertiary/aromatic N) is 2. The minimum atomic E-state index is -3.87. The number of ether oxygens (including phenoxy) is 1. The molecule has 4 rings (SSSR count). The number of hydrogen-bond donors (Lipinski definition) is 1. The summed E-state index contributed by atoms with van der Waals surface area (Å²) in [6.07, 6.45) is 0. The van der Waals surface area contributed by atoms with E-state index in [0.29, 0.717) is 27.7 Å². The van der Waals surface area contributed by atoms with Gasteiger partial charge in [0.15, 0.2) is 0 Å². The van der Waals surface area contributed by atoms with Crippen LogP contribution in [-0.2, 0) is 9.84 Å². The number of para-hydroxylation sites is 1. The normalized spacial score (nSPS) is 11.3. The molecule has 34 heavy (non-hydrogen) atoms. The zero-order valence-corrected chi connectivity index (χ0v) is 20.3. The summed E-state index contributed by atoms with van der Waals surface area (Å²) >= 11 is 5.89. The summed E-state index contributed by atoms with van der Waals surface area (Å²) < 4.78 is 33.3. The number of carbonyl (C=O) groups is 1. The van der Waals surface area contributed by atoms with Crippen molar-refractivity contribution < 1.29 is 17.9 Å². The first kappa shape index (κ1) is 23.5. The Morgan fingerprint density at radius 3 is 2.29 bits per heavy atom. The van der Waals surface area contributed by atoms with Gasteiger partial charge in [0.1, 0.15) is 5.75 Å². The number of hydrogen-bond acceptors (Lipinski definition) is 5. The third-order valence-electron chi connectivity index (χ3n) is 5.33. The van der Waals surface area contributed by atoms with Crippen LogP contribution in [0.2, 0.25) is 5.02 Å². The van der Waals surface area contributed by atoms with E-state index in [1.807, 2.05) is 37.3 Å². The van der Waals surface area contributed by atoms with Crippen LogP contribution in [0.3, 0.4) is 0 Å². The van der Waals surface area contributed by atoms with Crippen molar-refractivity contribution in [1.29, 1.82) is 0 Å². The Balaban J connectivity index is 1.70. The van der Waals surface area contributed by atoms with Crippen molar-refractivity contribution in [1.82, 2.24) is 9.78 Å². The lowest BCUT2D eigenvalue weighted by atomic mass is 10.1. The molecule has 3 aromatic carbocycles. The van der Waals surface area contributed by atoms with Gasteiger partial charge in [-0.15, -0.1) is 0 Å². The smallest absolute Gasteiger partial charge is 0.259 e. The molecule has 0 fully saturated rings. The fraction of sp³-hybridized carbons (Fsp3) is 0.120. The van der Waals surface area contributed by atoms with Gasteiger partial charge < -0.3 is 10.1 Å². The Bertz CT molecular complexity index is 1460. The van der Waals surface area contributed by atoms with Crippen LogP contribution in [0.5, 0.6) is 5.75 Å². The number of rotatable bonds is 6. The van der Waals surface area contributed by atoms with Crippen molar-refractivity contribution in [3.63, 3.8) is 0 Å². The molecule has 1 N–H and O–H groups in total. The molecule has 0 aliphatic carbocycles. The van der Waals surface area contributed by atoms with Gasteiger partial charge in [0.2, 0.25) is 9.84 Å². The van der Waals surface area contributed by atoms with Gasteiger partial charge in [-0.1, -0.05) is 29.8 Å². The quantitative estimate of drug-likeness (QED) is 0.395. The molecule has 1 heterocycles. The summed E-state index contributed by atoms with van der Waals surface area (Å²) in [7, 11) is -2.44. The summed E-state index contributed by atoms with van der Waals surface area (Å²) in [4.78, 5) is 13.3. The molecule has 0 unspecified atom stereocenters. The van der Waals surface area contributed by atoms with Crippen molar-refractivity contribution in [3.05, 3.63) is 94.8 Å². The number of benzene rings is 3. The van der Waals surface area contributed by atoms with Crippen LogP contribution < -0.4 is 10.1 Å². The maximum absolute atomic E-state index is 13.2. The highest BCUT2D eigenvalue weighted by atomic mass is 35.5. The summed E-state index contributed by atoms with van der Waals surface area (Å²) in [5, 5.41) is 7.73. The average Bonchev–Trinajstić information content (AvgIpc) is 3.13. The molecule has 0 aliphatic rings. The predicted molar refractivity (Wildman–Crippen MR) is 131 cm³/mol. The maximum atomic E-state index is 13.2. The summed E-state index contributed by atoms with van der Waals surface area (Å²) in [5.74, 6) is -0.112. The third kappa shape index (κ3) is 4.55. The molecule has 0 aliphatic heterocycles. The molecule has 1 aromatic heterocycles. The summed E-state index contributed by atoms with van der Waals surface area (Å²) in [6, 6.07) is 19.7. The van der Waals surface area contributed by atoms with Crippen LogP contribution in [-0.4, -0.2) is 31.2 Å². The van der Waals surface area contributed by atoms with Crippen LogP contribution in [0.25, 0.3) is 5.69 Å². The summed E-state index contributed by atoms with van der Waals surface area (Å²) in [5.41, 5.74) is 2.74. The van der Waals surface area contributed by atoms with Gasteiger partial charge in [-0.3, -0.25) is 4.79 Å². The van der Waals surface area contributed by atoms with Gasteiger partial charge in [0, 0.05) is 16.8 Å².